The summed E-state index contributed by atoms with van der Waals surface area (Å²) in [5.74, 6) is -2.24. The van der Waals surface area contributed by atoms with Crippen LogP contribution < -0.4 is 10.6 Å². The third-order valence-electron chi connectivity index (χ3n) is 3.61. The van der Waals surface area contributed by atoms with Gasteiger partial charge in [0.2, 0.25) is 0 Å². The zero-order valence-electron chi connectivity index (χ0n) is 20.3. The predicted octanol–water partition coefficient (Wildman–Crippen LogP) is 0.664. The van der Waals surface area contributed by atoms with E-state index in [-0.39, 0.29) is 23.2 Å². The van der Waals surface area contributed by atoms with Gasteiger partial charge in [0.15, 0.2) is 12.2 Å². The number of carbonyl (C=O) groups is 6. The van der Waals surface area contributed by atoms with Gasteiger partial charge in [0, 0.05) is 16.7 Å². The average molecular weight is 514 g/mol. The highest BCUT2D eigenvalue weighted by molar-refractivity contribution is 5.87. The van der Waals surface area contributed by atoms with Gasteiger partial charge in [0.05, 0.1) is 6.67 Å². The molecule has 0 aliphatic heterocycles. The van der Waals surface area contributed by atoms with Gasteiger partial charge in [0.1, 0.15) is 26.4 Å². The molecule has 0 aromatic carbocycles. The maximum Gasteiger partial charge on any atom is 0.409 e. The third-order valence-corrected chi connectivity index (χ3v) is 3.61. The van der Waals surface area contributed by atoms with E-state index < -0.39 is 75.4 Å². The van der Waals surface area contributed by atoms with Crippen molar-refractivity contribution in [3.8, 4) is 0 Å². The van der Waals surface area contributed by atoms with E-state index >= 15 is 0 Å². The summed E-state index contributed by atoms with van der Waals surface area (Å²) < 4.78 is 29.2. The van der Waals surface area contributed by atoms with Crippen LogP contribution in [0.15, 0.2) is 36.5 Å². The van der Waals surface area contributed by atoms with E-state index in [1.54, 1.807) is 0 Å². The molecule has 0 aromatic heterocycles. The van der Waals surface area contributed by atoms with Crippen LogP contribution >= 0.6 is 0 Å². The van der Waals surface area contributed by atoms with Crippen LogP contribution in [0.3, 0.4) is 0 Å². The lowest BCUT2D eigenvalue weighted by atomic mass is 10.3. The maximum absolute atomic E-state index is 12.0. The molecule has 14 heteroatoms. The van der Waals surface area contributed by atoms with Gasteiger partial charge in [-0.05, 0) is 20.8 Å². The van der Waals surface area contributed by atoms with Crippen LogP contribution in [0.4, 0.5) is 9.59 Å². The Bertz CT molecular complexity index is 837. The standard InChI is InChI=1S/C22H30N2O12/c1-13(2)18(26)32-8-16(7-31-12-25)35-21(29)23-11-24-22(30)36-17(9-33-19(27)14(3)4)10-34-20(28)15(5)6/h12,16-17H,1,3,5,7-11H2,2,4,6H3,(H,23,29)(H,24,30). The van der Waals surface area contributed by atoms with Gasteiger partial charge in [-0.2, -0.15) is 0 Å². The van der Waals surface area contributed by atoms with Crippen molar-refractivity contribution < 1.29 is 57.2 Å². The van der Waals surface area contributed by atoms with Gasteiger partial charge >= 0.3 is 30.1 Å². The van der Waals surface area contributed by atoms with Crippen molar-refractivity contribution >= 4 is 36.6 Å². The summed E-state index contributed by atoms with van der Waals surface area (Å²) in [6.07, 6.45) is -4.44. The fourth-order valence-corrected chi connectivity index (χ4v) is 1.83. The molecule has 0 rings (SSSR count). The highest BCUT2D eigenvalue weighted by atomic mass is 16.6. The molecular formula is C22H30N2O12. The van der Waals surface area contributed by atoms with E-state index in [1.165, 1.54) is 20.8 Å². The third kappa shape index (κ3) is 14.7. The fraction of sp³-hybridized carbons (Fsp3) is 0.455. The molecule has 0 aliphatic carbocycles. The number of amides is 2. The molecule has 0 radical (unpaired) electrons. The van der Waals surface area contributed by atoms with Crippen molar-refractivity contribution in [2.24, 2.45) is 0 Å². The summed E-state index contributed by atoms with van der Waals surface area (Å²) in [6, 6.07) is 0. The lowest BCUT2D eigenvalue weighted by Gasteiger charge is -2.19. The number of rotatable bonds is 16. The Balaban J connectivity index is 4.72. The molecule has 200 valence electrons. The smallest absolute Gasteiger partial charge is 0.409 e. The minimum atomic E-state index is -1.18. The van der Waals surface area contributed by atoms with Crippen LogP contribution in [0.25, 0.3) is 0 Å². The van der Waals surface area contributed by atoms with Gasteiger partial charge in [-0.3, -0.25) is 4.79 Å². The van der Waals surface area contributed by atoms with Crippen LogP contribution in [0.5, 0.6) is 0 Å². The normalized spacial score (nSPS) is 10.7. The molecule has 1 unspecified atom stereocenters. The quantitative estimate of drug-likeness (QED) is 0.0966. The van der Waals surface area contributed by atoms with Gasteiger partial charge < -0.3 is 39.1 Å². The molecule has 36 heavy (non-hydrogen) atoms. The number of esters is 3. The first-order valence-electron chi connectivity index (χ1n) is 10.3. The Labute approximate surface area is 207 Å². The van der Waals surface area contributed by atoms with Crippen molar-refractivity contribution in [2.45, 2.75) is 33.0 Å². The molecule has 14 nitrogen and oxygen atoms in total. The van der Waals surface area contributed by atoms with Crippen LogP contribution in [0, 0.1) is 0 Å². The van der Waals surface area contributed by atoms with Crippen LogP contribution in [-0.2, 0) is 47.6 Å². The molecule has 0 heterocycles. The molecule has 1 atom stereocenters. The predicted molar refractivity (Wildman–Crippen MR) is 121 cm³/mol. The van der Waals surface area contributed by atoms with E-state index in [1.807, 2.05) is 0 Å². The minimum Gasteiger partial charge on any atom is -0.464 e. The Morgan fingerprint density at radius 1 is 0.667 bits per heavy atom. The molecule has 0 bridgehead atoms. The first-order valence-corrected chi connectivity index (χ1v) is 10.3. The first-order chi connectivity index (χ1) is 16.9. The van der Waals surface area contributed by atoms with Gasteiger partial charge in [-0.1, -0.05) is 19.7 Å². The number of ether oxygens (including phenoxy) is 6. The molecule has 0 spiro atoms. The topological polar surface area (TPSA) is 182 Å². The largest absolute Gasteiger partial charge is 0.464 e. The van der Waals surface area contributed by atoms with Gasteiger partial charge in [-0.15, -0.1) is 0 Å². The molecule has 2 N–H and O–H groups in total. The van der Waals surface area contributed by atoms with Crippen molar-refractivity contribution in [3.63, 3.8) is 0 Å². The van der Waals surface area contributed by atoms with Crippen molar-refractivity contribution in [2.75, 3.05) is 33.1 Å². The molecule has 0 fully saturated rings. The van der Waals surface area contributed by atoms with Gasteiger partial charge in [0.25, 0.3) is 6.47 Å². The monoisotopic (exact) mass is 514 g/mol. The highest BCUT2D eigenvalue weighted by Crippen LogP contribution is 2.03. The van der Waals surface area contributed by atoms with Crippen molar-refractivity contribution in [1.82, 2.24) is 10.6 Å². The molecule has 0 aliphatic rings. The summed E-state index contributed by atoms with van der Waals surface area (Å²) in [5, 5.41) is 4.34. The molecule has 0 saturated heterocycles. The fourth-order valence-electron chi connectivity index (χ4n) is 1.83. The lowest BCUT2D eigenvalue weighted by molar-refractivity contribution is -0.148. The summed E-state index contributed by atoms with van der Waals surface area (Å²) in [7, 11) is 0. The summed E-state index contributed by atoms with van der Waals surface area (Å²) in [6.45, 7) is 12.4. The van der Waals surface area contributed by atoms with E-state index in [9.17, 15) is 28.8 Å². The maximum atomic E-state index is 12.0. The zero-order chi connectivity index (χ0) is 27.7. The number of hydrogen-bond acceptors (Lipinski definition) is 12. The van der Waals surface area contributed by atoms with Crippen LogP contribution in [0.2, 0.25) is 0 Å². The average Bonchev–Trinajstić information content (AvgIpc) is 2.81. The van der Waals surface area contributed by atoms with Gasteiger partial charge in [-0.25, -0.2) is 24.0 Å². The number of alkyl carbamates (subject to hydrolysis) is 2. The van der Waals surface area contributed by atoms with E-state index in [0.29, 0.717) is 0 Å². The van der Waals surface area contributed by atoms with Crippen LogP contribution in [0.1, 0.15) is 20.8 Å². The SMILES string of the molecule is C=C(C)C(=O)OCC(COC=O)OC(=O)NCNC(=O)OC(COC(=O)C(=C)C)COC(=O)C(=C)C. The minimum absolute atomic E-state index is 0.103. The Kier molecular flexibility index (Phi) is 15.1. The molecule has 2 amide bonds. The van der Waals surface area contributed by atoms with Crippen molar-refractivity contribution in [1.29, 1.82) is 0 Å². The summed E-state index contributed by atoms with van der Waals surface area (Å²) in [4.78, 5) is 69.0. The first kappa shape index (κ1) is 31.6. The number of nitrogens with one attached hydrogen (secondary N) is 2. The van der Waals surface area contributed by atoms with E-state index in [2.05, 4.69) is 35.1 Å². The lowest BCUT2D eigenvalue weighted by Crippen LogP contribution is -2.42. The molecule has 0 saturated carbocycles. The van der Waals surface area contributed by atoms with E-state index in [4.69, 9.17) is 23.7 Å². The Morgan fingerprint density at radius 3 is 1.31 bits per heavy atom. The molecular weight excluding hydrogens is 484 g/mol. The second-order valence-corrected chi connectivity index (χ2v) is 7.15. The second kappa shape index (κ2) is 17.1. The van der Waals surface area contributed by atoms with Crippen molar-refractivity contribution in [3.05, 3.63) is 36.5 Å². The summed E-state index contributed by atoms with van der Waals surface area (Å²) >= 11 is 0. The molecule has 0 aromatic rings. The summed E-state index contributed by atoms with van der Waals surface area (Å²) in [5.41, 5.74) is 0.316. The zero-order valence-corrected chi connectivity index (χ0v) is 20.3. The number of hydrogen-bond donors (Lipinski definition) is 2. The Morgan fingerprint density at radius 2 is 1.00 bits per heavy atom. The Hall–Kier alpha value is -4.36. The highest BCUT2D eigenvalue weighted by Gasteiger charge is 2.21. The van der Waals surface area contributed by atoms with E-state index in [0.717, 1.165) is 0 Å². The number of carbonyl (C=O) groups excluding carboxylic acids is 6. The second-order valence-electron chi connectivity index (χ2n) is 7.15. The van der Waals surface area contributed by atoms with Crippen LogP contribution in [-0.4, -0.2) is 81.9 Å².